The van der Waals surface area contributed by atoms with Crippen LogP contribution in [0.25, 0.3) is 11.1 Å². The molecule has 1 fully saturated rings. The Kier molecular flexibility index (Phi) is 3.53. The zero-order chi connectivity index (χ0) is 15.0. The third kappa shape index (κ3) is 2.99. The second kappa shape index (κ2) is 5.35. The maximum atomic E-state index is 12.2. The highest BCUT2D eigenvalue weighted by molar-refractivity contribution is 5.77. The lowest BCUT2D eigenvalue weighted by molar-refractivity contribution is -0.0498. The van der Waals surface area contributed by atoms with Crippen LogP contribution in [-0.4, -0.2) is 16.4 Å². The summed E-state index contributed by atoms with van der Waals surface area (Å²) in [6.45, 7) is -2.82. The lowest BCUT2D eigenvalue weighted by atomic mass is 10.0. The van der Waals surface area contributed by atoms with Crippen LogP contribution in [0.4, 0.5) is 14.6 Å². The van der Waals surface area contributed by atoms with Crippen LogP contribution < -0.4 is 10.5 Å². The molecule has 0 spiro atoms. The molecule has 0 saturated heterocycles. The maximum Gasteiger partial charge on any atom is 0.387 e. The molecule has 0 unspecified atom stereocenters. The molecule has 0 radical (unpaired) electrons. The first-order valence-corrected chi connectivity index (χ1v) is 6.91. The van der Waals surface area contributed by atoms with E-state index in [0.29, 0.717) is 11.7 Å². The smallest absolute Gasteiger partial charge is 0.387 e. The summed E-state index contributed by atoms with van der Waals surface area (Å²) in [5, 5.41) is 4.48. The van der Waals surface area contributed by atoms with Crippen LogP contribution in [0.5, 0.6) is 5.75 Å². The predicted octanol–water partition coefficient (Wildman–Crippen LogP) is 3.22. The topological polar surface area (TPSA) is 53.1 Å². The number of aromatic nitrogens is 2. The van der Waals surface area contributed by atoms with E-state index in [4.69, 9.17) is 5.73 Å². The summed E-state index contributed by atoms with van der Waals surface area (Å²) < 4.78 is 30.4. The van der Waals surface area contributed by atoms with Crippen LogP contribution >= 0.6 is 0 Å². The van der Waals surface area contributed by atoms with E-state index in [-0.39, 0.29) is 5.75 Å². The summed E-state index contributed by atoms with van der Waals surface area (Å²) in [5.41, 5.74) is 8.84. The minimum absolute atomic E-state index is 0.139. The highest BCUT2D eigenvalue weighted by Crippen LogP contribution is 2.37. The molecule has 1 aromatic carbocycles. The Balaban J connectivity index is 1.91. The number of halogens is 2. The largest absolute Gasteiger partial charge is 0.435 e. The molecule has 2 N–H and O–H groups in total. The molecule has 1 aliphatic rings. The number of alkyl halides is 2. The quantitative estimate of drug-likeness (QED) is 0.921. The summed E-state index contributed by atoms with van der Waals surface area (Å²) >= 11 is 0. The van der Waals surface area contributed by atoms with E-state index in [2.05, 4.69) is 9.84 Å². The maximum absolute atomic E-state index is 12.2. The Morgan fingerprint density at radius 3 is 2.57 bits per heavy atom. The van der Waals surface area contributed by atoms with Crippen molar-refractivity contribution in [3.05, 3.63) is 30.0 Å². The second-order valence-corrected chi connectivity index (χ2v) is 5.38. The van der Waals surface area contributed by atoms with Crippen LogP contribution in [0, 0.1) is 5.92 Å². The van der Waals surface area contributed by atoms with Crippen molar-refractivity contribution in [2.45, 2.75) is 25.9 Å². The standard InChI is InChI=1S/C15H17F2N3O/c1-20-14(18)13(12(19-20)8-9-2-3-9)10-4-6-11(7-5-10)21-15(16)17/h4-7,9,15H,2-3,8,18H2,1H3. The SMILES string of the molecule is Cn1nc(CC2CC2)c(-c2ccc(OC(F)F)cc2)c1N. The van der Waals surface area contributed by atoms with Crippen LogP contribution in [0.15, 0.2) is 24.3 Å². The van der Waals surface area contributed by atoms with Crippen LogP contribution in [0.2, 0.25) is 0 Å². The first kappa shape index (κ1) is 13.9. The van der Waals surface area contributed by atoms with Crippen molar-refractivity contribution < 1.29 is 13.5 Å². The van der Waals surface area contributed by atoms with Gasteiger partial charge < -0.3 is 10.5 Å². The lowest BCUT2D eigenvalue weighted by Gasteiger charge is -2.07. The van der Waals surface area contributed by atoms with Crippen molar-refractivity contribution in [1.29, 1.82) is 0 Å². The Morgan fingerprint density at radius 2 is 2.00 bits per heavy atom. The van der Waals surface area contributed by atoms with Gasteiger partial charge in [0.2, 0.25) is 0 Å². The molecule has 4 nitrogen and oxygen atoms in total. The third-order valence-electron chi connectivity index (χ3n) is 3.71. The van der Waals surface area contributed by atoms with Crippen molar-refractivity contribution in [1.82, 2.24) is 9.78 Å². The van der Waals surface area contributed by atoms with E-state index in [9.17, 15) is 8.78 Å². The average molecular weight is 293 g/mol. The Bertz CT molecular complexity index is 633. The van der Waals surface area contributed by atoms with Gasteiger partial charge in [-0.2, -0.15) is 13.9 Å². The third-order valence-corrected chi connectivity index (χ3v) is 3.71. The number of aryl methyl sites for hydroxylation is 1. The van der Waals surface area contributed by atoms with Gasteiger partial charge in [0.1, 0.15) is 11.6 Å². The molecular weight excluding hydrogens is 276 g/mol. The van der Waals surface area contributed by atoms with Gasteiger partial charge in [-0.25, -0.2) is 0 Å². The minimum atomic E-state index is -2.82. The molecule has 1 saturated carbocycles. The molecule has 1 aromatic heterocycles. The number of ether oxygens (including phenoxy) is 1. The number of hydrogen-bond donors (Lipinski definition) is 1. The van der Waals surface area contributed by atoms with Gasteiger partial charge in [-0.05, 0) is 42.9 Å². The van der Waals surface area contributed by atoms with Gasteiger partial charge >= 0.3 is 6.61 Å². The van der Waals surface area contributed by atoms with Crippen molar-refractivity contribution >= 4 is 5.82 Å². The van der Waals surface area contributed by atoms with E-state index in [0.717, 1.165) is 23.2 Å². The zero-order valence-corrected chi connectivity index (χ0v) is 11.7. The van der Waals surface area contributed by atoms with Crippen LogP contribution in [0.1, 0.15) is 18.5 Å². The molecule has 0 aliphatic heterocycles. The Morgan fingerprint density at radius 1 is 1.33 bits per heavy atom. The fourth-order valence-corrected chi connectivity index (χ4v) is 2.45. The van der Waals surface area contributed by atoms with E-state index >= 15 is 0 Å². The number of nitrogen functional groups attached to an aromatic ring is 1. The number of rotatable bonds is 5. The summed E-state index contributed by atoms with van der Waals surface area (Å²) in [4.78, 5) is 0. The van der Waals surface area contributed by atoms with Crippen molar-refractivity contribution in [2.75, 3.05) is 5.73 Å². The fourth-order valence-electron chi connectivity index (χ4n) is 2.45. The van der Waals surface area contributed by atoms with Crippen LogP contribution in [-0.2, 0) is 13.5 Å². The average Bonchev–Trinajstić information content (AvgIpc) is 3.19. The highest BCUT2D eigenvalue weighted by atomic mass is 19.3. The number of hydrogen-bond acceptors (Lipinski definition) is 3. The van der Waals surface area contributed by atoms with Gasteiger partial charge in [0, 0.05) is 12.6 Å². The van der Waals surface area contributed by atoms with Crippen LogP contribution in [0.3, 0.4) is 0 Å². The van der Waals surface area contributed by atoms with E-state index in [1.807, 2.05) is 7.05 Å². The minimum Gasteiger partial charge on any atom is -0.435 e. The zero-order valence-electron chi connectivity index (χ0n) is 11.7. The van der Waals surface area contributed by atoms with Gasteiger partial charge in [0.05, 0.1) is 5.69 Å². The predicted molar refractivity (Wildman–Crippen MR) is 76.1 cm³/mol. The molecule has 1 heterocycles. The summed E-state index contributed by atoms with van der Waals surface area (Å²) in [5.74, 6) is 1.42. The van der Waals surface area contributed by atoms with Gasteiger partial charge in [-0.15, -0.1) is 0 Å². The summed E-state index contributed by atoms with van der Waals surface area (Å²) in [6.07, 6.45) is 3.38. The molecule has 3 rings (SSSR count). The Hall–Kier alpha value is -2.11. The highest BCUT2D eigenvalue weighted by Gasteiger charge is 2.26. The number of nitrogens with two attached hydrogens (primary N) is 1. The fraction of sp³-hybridized carbons (Fsp3) is 0.400. The van der Waals surface area contributed by atoms with Crippen molar-refractivity contribution in [2.24, 2.45) is 13.0 Å². The normalized spacial score (nSPS) is 14.7. The summed E-state index contributed by atoms with van der Waals surface area (Å²) in [7, 11) is 1.81. The van der Waals surface area contributed by atoms with Gasteiger partial charge in [0.25, 0.3) is 0 Å². The molecule has 0 atom stereocenters. The Labute approximate surface area is 121 Å². The number of benzene rings is 1. The monoisotopic (exact) mass is 293 g/mol. The van der Waals surface area contributed by atoms with E-state index < -0.39 is 6.61 Å². The van der Waals surface area contributed by atoms with E-state index in [1.165, 1.54) is 25.0 Å². The molecule has 112 valence electrons. The molecule has 2 aromatic rings. The van der Waals surface area contributed by atoms with Crippen molar-refractivity contribution in [3.8, 4) is 16.9 Å². The second-order valence-electron chi connectivity index (χ2n) is 5.38. The number of nitrogens with zero attached hydrogens (tertiary/aromatic N) is 2. The summed E-state index contributed by atoms with van der Waals surface area (Å²) in [6, 6.07) is 6.52. The lowest BCUT2D eigenvalue weighted by Crippen LogP contribution is -2.01. The molecule has 6 heteroatoms. The van der Waals surface area contributed by atoms with E-state index in [1.54, 1.807) is 16.8 Å². The molecule has 21 heavy (non-hydrogen) atoms. The molecule has 1 aliphatic carbocycles. The molecular formula is C15H17F2N3O. The molecule has 0 bridgehead atoms. The molecule has 0 amide bonds. The first-order chi connectivity index (χ1) is 10.0. The van der Waals surface area contributed by atoms with Gasteiger partial charge in [0.15, 0.2) is 0 Å². The first-order valence-electron chi connectivity index (χ1n) is 6.91. The van der Waals surface area contributed by atoms with Crippen molar-refractivity contribution in [3.63, 3.8) is 0 Å². The van der Waals surface area contributed by atoms with Gasteiger partial charge in [-0.3, -0.25) is 4.68 Å². The van der Waals surface area contributed by atoms with Gasteiger partial charge in [-0.1, -0.05) is 12.1 Å². The number of anilines is 1.